The molecule has 1 aromatic rings. The Morgan fingerprint density at radius 3 is 2.93 bits per heavy atom. The summed E-state index contributed by atoms with van der Waals surface area (Å²) in [5.74, 6) is 1.75. The highest BCUT2D eigenvalue weighted by atomic mass is 32.2. The van der Waals surface area contributed by atoms with Gasteiger partial charge in [0.1, 0.15) is 11.6 Å². The maximum Gasteiger partial charge on any atom is 0.252 e. The van der Waals surface area contributed by atoms with Crippen LogP contribution in [0.5, 0.6) is 0 Å². The average Bonchev–Trinajstić information content (AvgIpc) is 2.65. The number of nitrogens with one attached hydrogen (secondary N) is 1. The molecule has 1 fully saturated rings. The van der Waals surface area contributed by atoms with Crippen LogP contribution in [-0.4, -0.2) is 15.2 Å². The molecule has 2 rings (SSSR count). The molecule has 1 heterocycles. The summed E-state index contributed by atoms with van der Waals surface area (Å²) in [7, 11) is 0. The van der Waals surface area contributed by atoms with Crippen LogP contribution in [0, 0.1) is 0 Å². The predicted octanol–water partition coefficient (Wildman–Crippen LogP) is 1.53. The fourth-order valence-corrected chi connectivity index (χ4v) is 3.05. The molecule has 1 aliphatic carbocycles. The van der Waals surface area contributed by atoms with Gasteiger partial charge in [-0.15, -0.1) is 0 Å². The highest BCUT2D eigenvalue weighted by molar-refractivity contribution is 7.99. The number of hydrogen-bond donors (Lipinski definition) is 2. The molecule has 4 nitrogen and oxygen atoms in total. The molecule has 0 amide bonds. The first-order chi connectivity index (χ1) is 7.24. The van der Waals surface area contributed by atoms with Crippen LogP contribution in [0.2, 0.25) is 0 Å². The topological polar surface area (TPSA) is 71.8 Å². The van der Waals surface area contributed by atoms with Crippen LogP contribution < -0.4 is 11.3 Å². The van der Waals surface area contributed by atoms with Crippen molar-refractivity contribution in [2.45, 2.75) is 36.7 Å². The molecule has 3 N–H and O–H groups in total. The summed E-state index contributed by atoms with van der Waals surface area (Å²) in [5.41, 5.74) is 5.34. The molecule has 0 unspecified atom stereocenters. The Balaban J connectivity index is 1.95. The van der Waals surface area contributed by atoms with Crippen molar-refractivity contribution in [3.8, 4) is 0 Å². The van der Waals surface area contributed by atoms with E-state index >= 15 is 0 Å². The minimum absolute atomic E-state index is 0.162. The number of anilines is 1. The molecule has 0 radical (unpaired) electrons. The third kappa shape index (κ3) is 2.99. The lowest BCUT2D eigenvalue weighted by atomic mass is 10.4. The zero-order valence-corrected chi connectivity index (χ0v) is 9.35. The predicted molar refractivity (Wildman–Crippen MR) is 62.8 cm³/mol. The normalized spacial score (nSPS) is 17.1. The van der Waals surface area contributed by atoms with Crippen LogP contribution in [0.3, 0.4) is 0 Å². The third-order valence-corrected chi connectivity index (χ3v) is 3.95. The van der Waals surface area contributed by atoms with E-state index in [2.05, 4.69) is 9.97 Å². The van der Waals surface area contributed by atoms with Gasteiger partial charge in [0.2, 0.25) is 0 Å². The number of nitrogen functional groups attached to an aromatic ring is 1. The first-order valence-corrected chi connectivity index (χ1v) is 6.26. The maximum absolute atomic E-state index is 11.1. The molecular weight excluding hydrogens is 210 g/mol. The van der Waals surface area contributed by atoms with Crippen LogP contribution in [0.25, 0.3) is 0 Å². The zero-order chi connectivity index (χ0) is 10.7. The largest absolute Gasteiger partial charge is 0.383 e. The second-order valence-electron chi connectivity index (χ2n) is 3.83. The van der Waals surface area contributed by atoms with Gasteiger partial charge in [0.15, 0.2) is 0 Å². The van der Waals surface area contributed by atoms with E-state index in [0.717, 1.165) is 11.0 Å². The van der Waals surface area contributed by atoms with Crippen LogP contribution in [0.4, 0.5) is 5.82 Å². The first kappa shape index (κ1) is 10.5. The number of nitrogens with two attached hydrogens (primary N) is 1. The number of H-pyrrole nitrogens is 1. The van der Waals surface area contributed by atoms with Gasteiger partial charge in [-0.25, -0.2) is 4.98 Å². The molecule has 0 aromatic carbocycles. The summed E-state index contributed by atoms with van der Waals surface area (Å²) in [5, 5.41) is 0.733. The van der Waals surface area contributed by atoms with Crippen LogP contribution >= 0.6 is 11.8 Å². The summed E-state index contributed by atoms with van der Waals surface area (Å²) in [6.07, 6.45) is 5.24. The van der Waals surface area contributed by atoms with E-state index in [1.807, 2.05) is 11.8 Å². The lowest BCUT2D eigenvalue weighted by molar-refractivity contribution is 0.886. The van der Waals surface area contributed by atoms with Gasteiger partial charge in [-0.3, -0.25) is 4.79 Å². The third-order valence-electron chi connectivity index (χ3n) is 2.57. The van der Waals surface area contributed by atoms with Gasteiger partial charge >= 0.3 is 0 Å². The number of nitrogens with zero attached hydrogens (tertiary/aromatic N) is 1. The molecule has 82 valence electrons. The Morgan fingerprint density at radius 1 is 1.53 bits per heavy atom. The first-order valence-electron chi connectivity index (χ1n) is 5.21. The van der Waals surface area contributed by atoms with Crippen molar-refractivity contribution in [3.05, 3.63) is 22.2 Å². The van der Waals surface area contributed by atoms with E-state index in [1.54, 1.807) is 0 Å². The molecule has 5 heteroatoms. The van der Waals surface area contributed by atoms with Crippen molar-refractivity contribution >= 4 is 17.6 Å². The smallest absolute Gasteiger partial charge is 0.252 e. The molecule has 0 bridgehead atoms. The summed E-state index contributed by atoms with van der Waals surface area (Å²) in [6.45, 7) is 0. The number of rotatable bonds is 3. The fraction of sp³-hybridized carbons (Fsp3) is 0.600. The Kier molecular flexibility index (Phi) is 3.30. The summed E-state index contributed by atoms with van der Waals surface area (Å²) in [6, 6.07) is 1.31. The Hall–Kier alpha value is -0.970. The minimum atomic E-state index is -0.162. The number of aromatic nitrogens is 2. The van der Waals surface area contributed by atoms with E-state index in [4.69, 9.17) is 5.73 Å². The SMILES string of the molecule is Nc1cc(=O)[nH]c(CSC2CCCC2)n1. The molecule has 0 saturated heterocycles. The Morgan fingerprint density at radius 2 is 2.27 bits per heavy atom. The van der Waals surface area contributed by atoms with E-state index in [9.17, 15) is 4.79 Å². The summed E-state index contributed by atoms with van der Waals surface area (Å²) >= 11 is 1.87. The van der Waals surface area contributed by atoms with Crippen LogP contribution in [0.1, 0.15) is 31.5 Å². The highest BCUT2D eigenvalue weighted by Gasteiger charge is 2.15. The zero-order valence-electron chi connectivity index (χ0n) is 8.53. The van der Waals surface area contributed by atoms with Gasteiger partial charge in [-0.2, -0.15) is 11.8 Å². The maximum atomic E-state index is 11.1. The van der Waals surface area contributed by atoms with E-state index in [-0.39, 0.29) is 5.56 Å². The van der Waals surface area contributed by atoms with Crippen LogP contribution in [0.15, 0.2) is 10.9 Å². The second-order valence-corrected chi connectivity index (χ2v) is 5.12. The van der Waals surface area contributed by atoms with E-state index < -0.39 is 0 Å². The molecular formula is C10H15N3OS. The molecule has 1 aliphatic rings. The minimum Gasteiger partial charge on any atom is -0.383 e. The molecule has 1 aromatic heterocycles. The molecule has 0 atom stereocenters. The quantitative estimate of drug-likeness (QED) is 0.818. The van der Waals surface area contributed by atoms with Crippen molar-refractivity contribution < 1.29 is 0 Å². The van der Waals surface area contributed by atoms with Crippen molar-refractivity contribution in [1.82, 2.24) is 9.97 Å². The molecule has 0 aliphatic heterocycles. The number of thioether (sulfide) groups is 1. The highest BCUT2D eigenvalue weighted by Crippen LogP contribution is 2.30. The molecule has 1 saturated carbocycles. The number of aromatic amines is 1. The van der Waals surface area contributed by atoms with Crippen molar-refractivity contribution in [2.24, 2.45) is 0 Å². The van der Waals surface area contributed by atoms with Crippen molar-refractivity contribution in [3.63, 3.8) is 0 Å². The second kappa shape index (κ2) is 4.70. The lowest BCUT2D eigenvalue weighted by Gasteiger charge is -2.07. The van der Waals surface area contributed by atoms with E-state index in [1.165, 1.54) is 31.7 Å². The van der Waals surface area contributed by atoms with Gasteiger partial charge < -0.3 is 10.7 Å². The molecule has 15 heavy (non-hydrogen) atoms. The molecule has 0 spiro atoms. The summed E-state index contributed by atoms with van der Waals surface area (Å²) in [4.78, 5) is 17.9. The lowest BCUT2D eigenvalue weighted by Crippen LogP contribution is -2.12. The fourth-order valence-electron chi connectivity index (χ4n) is 1.85. The number of hydrogen-bond acceptors (Lipinski definition) is 4. The Bertz CT molecular complexity index is 384. The van der Waals surface area contributed by atoms with Gasteiger partial charge in [-0.05, 0) is 12.8 Å². The van der Waals surface area contributed by atoms with Gasteiger partial charge in [0, 0.05) is 11.3 Å². The Labute approximate surface area is 92.7 Å². The van der Waals surface area contributed by atoms with E-state index in [0.29, 0.717) is 11.6 Å². The average molecular weight is 225 g/mol. The monoisotopic (exact) mass is 225 g/mol. The van der Waals surface area contributed by atoms with Gasteiger partial charge in [0.05, 0.1) is 5.75 Å². The van der Waals surface area contributed by atoms with Gasteiger partial charge in [-0.1, -0.05) is 12.8 Å². The van der Waals surface area contributed by atoms with Crippen LogP contribution in [-0.2, 0) is 5.75 Å². The standard InChI is InChI=1S/C10H15N3OS/c11-8-5-10(14)13-9(12-8)6-15-7-3-1-2-4-7/h5,7H,1-4,6H2,(H3,11,12,13,14). The van der Waals surface area contributed by atoms with Crippen molar-refractivity contribution in [2.75, 3.05) is 5.73 Å². The van der Waals surface area contributed by atoms with Crippen molar-refractivity contribution in [1.29, 1.82) is 0 Å². The summed E-state index contributed by atoms with van der Waals surface area (Å²) < 4.78 is 0. The van der Waals surface area contributed by atoms with Gasteiger partial charge in [0.25, 0.3) is 5.56 Å².